The molecule has 1 atom stereocenters. The summed E-state index contributed by atoms with van der Waals surface area (Å²) in [5.41, 5.74) is 6.26. The van der Waals surface area contributed by atoms with Gasteiger partial charge in [-0.2, -0.15) is 5.10 Å². The number of nitrogens with zero attached hydrogens (tertiary/aromatic N) is 3. The number of hydrogen-bond acceptors (Lipinski definition) is 3. The monoisotopic (exact) mass is 236 g/mol. The fourth-order valence-electron chi connectivity index (χ4n) is 2.39. The third kappa shape index (κ3) is 2.43. The van der Waals surface area contributed by atoms with Gasteiger partial charge < -0.3 is 10.6 Å². The van der Waals surface area contributed by atoms with Crippen molar-refractivity contribution in [3.63, 3.8) is 0 Å². The van der Waals surface area contributed by atoms with Crippen molar-refractivity contribution in [2.75, 3.05) is 18.8 Å². The van der Waals surface area contributed by atoms with Crippen LogP contribution in [-0.4, -0.2) is 33.7 Å². The molecule has 17 heavy (non-hydrogen) atoms. The average molecular weight is 236 g/mol. The Kier molecular flexibility index (Phi) is 3.36. The van der Waals surface area contributed by atoms with E-state index in [1.807, 2.05) is 11.8 Å². The maximum absolute atomic E-state index is 12.3. The van der Waals surface area contributed by atoms with Crippen molar-refractivity contribution < 1.29 is 4.79 Å². The number of piperidine rings is 1. The number of anilines is 1. The summed E-state index contributed by atoms with van der Waals surface area (Å²) in [6.45, 7) is 6.50. The molecule has 0 aromatic carbocycles. The Labute approximate surface area is 102 Å². The van der Waals surface area contributed by atoms with E-state index in [0.717, 1.165) is 19.5 Å². The Morgan fingerprint density at radius 2 is 2.41 bits per heavy atom. The zero-order valence-electron chi connectivity index (χ0n) is 10.5. The van der Waals surface area contributed by atoms with Crippen molar-refractivity contribution in [3.8, 4) is 0 Å². The molecule has 1 aromatic rings. The molecular weight excluding hydrogens is 216 g/mol. The first-order chi connectivity index (χ1) is 8.11. The fraction of sp³-hybridized carbons (Fsp3) is 0.667. The number of carbonyl (C=O) groups excluding carboxylic acids is 1. The lowest BCUT2D eigenvalue weighted by molar-refractivity contribution is 0.0670. The summed E-state index contributed by atoms with van der Waals surface area (Å²) in [5.74, 6) is 1.06. The minimum Gasteiger partial charge on any atom is -0.382 e. The van der Waals surface area contributed by atoms with Crippen molar-refractivity contribution in [3.05, 3.63) is 11.8 Å². The van der Waals surface area contributed by atoms with Gasteiger partial charge in [-0.15, -0.1) is 0 Å². The van der Waals surface area contributed by atoms with Gasteiger partial charge in [-0.05, 0) is 25.7 Å². The summed E-state index contributed by atoms with van der Waals surface area (Å²) in [6.07, 6.45) is 2.29. The Bertz CT molecular complexity index is 413. The molecular formula is C12H20N4O. The Morgan fingerprint density at radius 1 is 1.65 bits per heavy atom. The van der Waals surface area contributed by atoms with Crippen molar-refractivity contribution in [1.29, 1.82) is 0 Å². The lowest BCUT2D eigenvalue weighted by Crippen LogP contribution is -2.40. The zero-order valence-corrected chi connectivity index (χ0v) is 10.5. The summed E-state index contributed by atoms with van der Waals surface area (Å²) in [6, 6.07) is 1.67. The van der Waals surface area contributed by atoms with Crippen LogP contribution in [0, 0.1) is 5.92 Å². The van der Waals surface area contributed by atoms with Gasteiger partial charge in [-0.1, -0.05) is 6.92 Å². The summed E-state index contributed by atoms with van der Waals surface area (Å²) in [4.78, 5) is 14.3. The fourth-order valence-corrected chi connectivity index (χ4v) is 2.39. The van der Waals surface area contributed by atoms with Gasteiger partial charge in [0.1, 0.15) is 11.5 Å². The Balaban J connectivity index is 2.18. The maximum atomic E-state index is 12.3. The normalized spacial score (nSPS) is 20.6. The van der Waals surface area contributed by atoms with Crippen LogP contribution in [0.15, 0.2) is 6.07 Å². The van der Waals surface area contributed by atoms with Crippen molar-refractivity contribution in [2.24, 2.45) is 5.92 Å². The molecule has 1 saturated heterocycles. The van der Waals surface area contributed by atoms with Gasteiger partial charge >= 0.3 is 0 Å². The van der Waals surface area contributed by atoms with E-state index in [4.69, 9.17) is 5.73 Å². The minimum atomic E-state index is 0.0580. The highest BCUT2D eigenvalue weighted by Gasteiger charge is 2.24. The van der Waals surface area contributed by atoms with E-state index in [-0.39, 0.29) is 5.91 Å². The van der Waals surface area contributed by atoms with Gasteiger partial charge in [0.15, 0.2) is 0 Å². The number of aromatic nitrogens is 2. The van der Waals surface area contributed by atoms with Crippen molar-refractivity contribution >= 4 is 11.7 Å². The summed E-state index contributed by atoms with van der Waals surface area (Å²) < 4.78 is 1.68. The highest BCUT2D eigenvalue weighted by Crippen LogP contribution is 2.18. The number of amides is 1. The van der Waals surface area contributed by atoms with Crippen LogP contribution >= 0.6 is 0 Å². The van der Waals surface area contributed by atoms with Crippen LogP contribution in [0.25, 0.3) is 0 Å². The Morgan fingerprint density at radius 3 is 3.06 bits per heavy atom. The smallest absolute Gasteiger partial charge is 0.272 e. The number of nitrogens with two attached hydrogens (primary N) is 1. The minimum absolute atomic E-state index is 0.0580. The molecule has 0 bridgehead atoms. The van der Waals surface area contributed by atoms with E-state index in [2.05, 4.69) is 12.0 Å². The maximum Gasteiger partial charge on any atom is 0.272 e. The predicted molar refractivity (Wildman–Crippen MR) is 66.6 cm³/mol. The van der Waals surface area contributed by atoms with E-state index in [0.29, 0.717) is 24.0 Å². The molecule has 2 heterocycles. The van der Waals surface area contributed by atoms with Gasteiger partial charge in [0.2, 0.25) is 0 Å². The quantitative estimate of drug-likeness (QED) is 0.843. The number of hydrogen-bond donors (Lipinski definition) is 1. The SMILES string of the molecule is CCn1nc(N)cc1C(=O)N1CCC[C@H](C)C1. The average Bonchev–Trinajstić information content (AvgIpc) is 2.69. The van der Waals surface area contributed by atoms with Crippen LogP contribution in [0.2, 0.25) is 0 Å². The van der Waals surface area contributed by atoms with Gasteiger partial charge in [0.25, 0.3) is 5.91 Å². The zero-order chi connectivity index (χ0) is 12.4. The summed E-state index contributed by atoms with van der Waals surface area (Å²) >= 11 is 0. The second-order valence-corrected chi connectivity index (χ2v) is 4.77. The highest BCUT2D eigenvalue weighted by atomic mass is 16.2. The van der Waals surface area contributed by atoms with Crippen molar-refractivity contribution in [1.82, 2.24) is 14.7 Å². The van der Waals surface area contributed by atoms with Crippen molar-refractivity contribution in [2.45, 2.75) is 33.2 Å². The largest absolute Gasteiger partial charge is 0.382 e. The van der Waals surface area contributed by atoms with E-state index >= 15 is 0 Å². The predicted octanol–water partition coefficient (Wildman–Crippen LogP) is 1.36. The molecule has 1 amide bonds. The van der Waals surface area contributed by atoms with E-state index in [9.17, 15) is 4.79 Å². The summed E-state index contributed by atoms with van der Waals surface area (Å²) in [5, 5.41) is 4.11. The molecule has 1 aromatic heterocycles. The van der Waals surface area contributed by atoms with Crippen LogP contribution in [0.1, 0.15) is 37.2 Å². The summed E-state index contributed by atoms with van der Waals surface area (Å²) in [7, 11) is 0. The number of nitrogen functional groups attached to an aromatic ring is 1. The van der Waals surface area contributed by atoms with E-state index < -0.39 is 0 Å². The first kappa shape index (κ1) is 12.0. The molecule has 0 unspecified atom stereocenters. The molecule has 1 aliphatic rings. The molecule has 0 spiro atoms. The first-order valence-electron chi connectivity index (χ1n) is 6.24. The third-order valence-corrected chi connectivity index (χ3v) is 3.26. The number of carbonyl (C=O) groups is 1. The lowest BCUT2D eigenvalue weighted by atomic mass is 10.00. The van der Waals surface area contributed by atoms with Gasteiger partial charge in [-0.3, -0.25) is 9.48 Å². The molecule has 1 aliphatic heterocycles. The second kappa shape index (κ2) is 4.77. The lowest BCUT2D eigenvalue weighted by Gasteiger charge is -2.30. The van der Waals surface area contributed by atoms with E-state index in [1.165, 1.54) is 6.42 Å². The molecule has 0 aliphatic carbocycles. The number of likely N-dealkylation sites (tertiary alicyclic amines) is 1. The molecule has 0 saturated carbocycles. The van der Waals surface area contributed by atoms with Gasteiger partial charge in [0, 0.05) is 25.7 Å². The number of aryl methyl sites for hydroxylation is 1. The molecule has 5 heteroatoms. The molecule has 94 valence electrons. The molecule has 2 rings (SSSR count). The van der Waals surface area contributed by atoms with E-state index in [1.54, 1.807) is 10.7 Å². The van der Waals surface area contributed by atoms with Gasteiger partial charge in [0.05, 0.1) is 0 Å². The first-order valence-corrected chi connectivity index (χ1v) is 6.24. The van der Waals surface area contributed by atoms with Gasteiger partial charge in [-0.25, -0.2) is 0 Å². The third-order valence-electron chi connectivity index (χ3n) is 3.26. The molecule has 2 N–H and O–H groups in total. The van der Waals surface area contributed by atoms with Crippen LogP contribution in [0.3, 0.4) is 0 Å². The Hall–Kier alpha value is -1.52. The van der Waals surface area contributed by atoms with Crippen LogP contribution in [-0.2, 0) is 6.54 Å². The van der Waals surface area contributed by atoms with Crippen LogP contribution in [0.5, 0.6) is 0 Å². The molecule has 1 fully saturated rings. The topological polar surface area (TPSA) is 64.2 Å². The van der Waals surface area contributed by atoms with Crippen LogP contribution in [0.4, 0.5) is 5.82 Å². The highest BCUT2D eigenvalue weighted by molar-refractivity contribution is 5.93. The number of rotatable bonds is 2. The molecule has 0 radical (unpaired) electrons. The van der Waals surface area contributed by atoms with Crippen LogP contribution < -0.4 is 5.73 Å². The second-order valence-electron chi connectivity index (χ2n) is 4.77. The molecule has 5 nitrogen and oxygen atoms in total. The standard InChI is InChI=1S/C12H20N4O/c1-3-16-10(7-11(13)14-16)12(17)15-6-4-5-9(2)8-15/h7,9H,3-6,8H2,1-2H3,(H2,13,14)/t9-/m0/s1.